The molecule has 0 bridgehead atoms. The summed E-state index contributed by atoms with van der Waals surface area (Å²) in [6.07, 6.45) is 0.857. The number of rotatable bonds is 1. The predicted octanol–water partition coefficient (Wildman–Crippen LogP) is 1.68. The van der Waals surface area contributed by atoms with Gasteiger partial charge in [0.15, 0.2) is 6.61 Å². The molecule has 84 valence electrons. The van der Waals surface area contributed by atoms with Crippen LogP contribution in [0, 0.1) is 11.8 Å². The number of nitrogens with zero attached hydrogens (tertiary/aromatic N) is 1. The molecule has 0 fully saturated rings. The normalized spacial score (nSPS) is 9.41. The molecule has 1 aromatic carbocycles. The highest BCUT2D eigenvalue weighted by Crippen LogP contribution is 2.11. The number of hydrogen-bond acceptors (Lipinski definition) is 3. The minimum Gasteiger partial charge on any atom is -0.437 e. The van der Waals surface area contributed by atoms with Gasteiger partial charge in [0.2, 0.25) is 0 Å². The van der Waals surface area contributed by atoms with Gasteiger partial charge < -0.3 is 10.5 Å². The number of benzene rings is 1. The summed E-state index contributed by atoms with van der Waals surface area (Å²) in [5.74, 6) is 5.53. The number of carbonyl (C=O) groups is 1. The van der Waals surface area contributed by atoms with E-state index in [2.05, 4.69) is 21.6 Å². The Morgan fingerprint density at radius 3 is 3.06 bits per heavy atom. The average molecular weight is 226 g/mol. The van der Waals surface area contributed by atoms with Gasteiger partial charge in [0.1, 0.15) is 0 Å². The number of primary amides is 1. The molecule has 0 atom stereocenters. The molecule has 0 saturated carbocycles. The number of ether oxygens (including phenoxy) is 1. The maximum Gasteiger partial charge on any atom is 0.405 e. The smallest absolute Gasteiger partial charge is 0.405 e. The molecular weight excluding hydrogens is 216 g/mol. The highest BCUT2D eigenvalue weighted by Gasteiger charge is 1.94. The third kappa shape index (κ3) is 2.95. The second-order valence-electron chi connectivity index (χ2n) is 3.33. The molecule has 0 saturated heterocycles. The van der Waals surface area contributed by atoms with Crippen LogP contribution in [-0.4, -0.2) is 17.7 Å². The van der Waals surface area contributed by atoms with Crippen LogP contribution in [0.3, 0.4) is 0 Å². The summed E-state index contributed by atoms with van der Waals surface area (Å²) in [5.41, 5.74) is 6.50. The van der Waals surface area contributed by atoms with Gasteiger partial charge in [-0.15, -0.1) is 0 Å². The first kappa shape index (κ1) is 11.0. The van der Waals surface area contributed by atoms with Crippen LogP contribution >= 0.6 is 0 Å². The number of para-hydroxylation sites is 1. The molecule has 2 rings (SSSR count). The lowest BCUT2D eigenvalue weighted by atomic mass is 10.2. The van der Waals surface area contributed by atoms with Crippen LogP contribution in [-0.2, 0) is 4.74 Å². The van der Waals surface area contributed by atoms with Gasteiger partial charge >= 0.3 is 6.09 Å². The van der Waals surface area contributed by atoms with E-state index in [1.54, 1.807) is 6.20 Å². The van der Waals surface area contributed by atoms with Crippen LogP contribution in [0.5, 0.6) is 0 Å². The number of nitrogens with two attached hydrogens (primary N) is 1. The Morgan fingerprint density at radius 2 is 2.24 bits per heavy atom. The maximum absolute atomic E-state index is 10.3. The fourth-order valence-electron chi connectivity index (χ4n) is 1.38. The van der Waals surface area contributed by atoms with Gasteiger partial charge in [0.25, 0.3) is 0 Å². The largest absolute Gasteiger partial charge is 0.437 e. The molecule has 0 unspecified atom stereocenters. The third-order valence-corrected chi connectivity index (χ3v) is 2.11. The minimum absolute atomic E-state index is 0.0117. The zero-order valence-corrected chi connectivity index (χ0v) is 9.01. The number of aromatic nitrogens is 1. The lowest BCUT2D eigenvalue weighted by Gasteiger charge is -1.96. The molecule has 1 aromatic heterocycles. The van der Waals surface area contributed by atoms with Gasteiger partial charge in [0, 0.05) is 17.1 Å². The van der Waals surface area contributed by atoms with Gasteiger partial charge in [-0.1, -0.05) is 30.0 Å². The topological polar surface area (TPSA) is 65.2 Å². The number of hydrogen-bond donors (Lipinski definition) is 1. The molecule has 0 aliphatic heterocycles. The molecule has 1 amide bonds. The summed E-state index contributed by atoms with van der Waals surface area (Å²) >= 11 is 0. The van der Waals surface area contributed by atoms with Crippen molar-refractivity contribution in [3.63, 3.8) is 0 Å². The van der Waals surface area contributed by atoms with Crippen LogP contribution in [0.2, 0.25) is 0 Å². The molecule has 2 N–H and O–H groups in total. The zero-order chi connectivity index (χ0) is 12.1. The van der Waals surface area contributed by atoms with Crippen molar-refractivity contribution in [3.8, 4) is 11.8 Å². The van der Waals surface area contributed by atoms with E-state index < -0.39 is 6.09 Å². The Balaban J connectivity index is 2.16. The molecule has 2 aromatic rings. The van der Waals surface area contributed by atoms with Crippen molar-refractivity contribution in [2.75, 3.05) is 6.61 Å². The molecular formula is C13H10N2O2. The molecule has 0 spiro atoms. The van der Waals surface area contributed by atoms with Crippen molar-refractivity contribution in [1.82, 2.24) is 4.98 Å². The summed E-state index contributed by atoms with van der Waals surface area (Å²) < 4.78 is 4.50. The van der Waals surface area contributed by atoms with Crippen molar-refractivity contribution >= 4 is 17.0 Å². The Morgan fingerprint density at radius 1 is 1.41 bits per heavy atom. The van der Waals surface area contributed by atoms with E-state index in [1.165, 1.54) is 0 Å². The summed E-state index contributed by atoms with van der Waals surface area (Å²) in [5, 5.41) is 1.02. The van der Waals surface area contributed by atoms with E-state index in [9.17, 15) is 4.79 Å². The van der Waals surface area contributed by atoms with E-state index in [0.717, 1.165) is 16.5 Å². The Bertz CT molecular complexity index is 611. The summed E-state index contributed by atoms with van der Waals surface area (Å²) in [6.45, 7) is -0.0117. The summed E-state index contributed by atoms with van der Waals surface area (Å²) in [7, 11) is 0. The first-order valence-corrected chi connectivity index (χ1v) is 5.01. The van der Waals surface area contributed by atoms with Gasteiger partial charge in [-0.25, -0.2) is 4.79 Å². The maximum atomic E-state index is 10.3. The van der Waals surface area contributed by atoms with Crippen LogP contribution in [0.25, 0.3) is 10.9 Å². The van der Waals surface area contributed by atoms with E-state index in [4.69, 9.17) is 5.73 Å². The summed E-state index contributed by atoms with van der Waals surface area (Å²) in [4.78, 5) is 14.6. The molecule has 0 radical (unpaired) electrons. The first-order valence-electron chi connectivity index (χ1n) is 5.01. The molecule has 4 nitrogen and oxygen atoms in total. The first-order chi connectivity index (χ1) is 8.25. The summed E-state index contributed by atoms with van der Waals surface area (Å²) in [6, 6.07) is 9.70. The third-order valence-electron chi connectivity index (χ3n) is 2.11. The zero-order valence-electron chi connectivity index (χ0n) is 9.01. The molecule has 4 heteroatoms. The fourth-order valence-corrected chi connectivity index (χ4v) is 1.38. The van der Waals surface area contributed by atoms with E-state index in [-0.39, 0.29) is 6.61 Å². The second kappa shape index (κ2) is 4.99. The SMILES string of the molecule is NC(=O)OCC#Cc1cnc2ccccc2c1. The standard InChI is InChI=1S/C13H10N2O2/c14-13(16)17-7-3-4-10-8-11-5-1-2-6-12(11)15-9-10/h1-2,5-6,8-9H,7H2,(H2,14,16). The molecule has 0 aliphatic carbocycles. The van der Waals surface area contributed by atoms with Gasteiger partial charge in [-0.05, 0) is 12.1 Å². The fraction of sp³-hybridized carbons (Fsp3) is 0.0769. The van der Waals surface area contributed by atoms with Crippen molar-refractivity contribution in [2.24, 2.45) is 5.73 Å². The van der Waals surface area contributed by atoms with Crippen molar-refractivity contribution in [2.45, 2.75) is 0 Å². The number of pyridine rings is 1. The minimum atomic E-state index is -0.823. The van der Waals surface area contributed by atoms with E-state index >= 15 is 0 Å². The monoisotopic (exact) mass is 226 g/mol. The van der Waals surface area contributed by atoms with Gasteiger partial charge in [-0.2, -0.15) is 0 Å². The predicted molar refractivity (Wildman–Crippen MR) is 64.2 cm³/mol. The van der Waals surface area contributed by atoms with E-state index in [1.807, 2.05) is 30.3 Å². The van der Waals surface area contributed by atoms with Crippen LogP contribution in [0.1, 0.15) is 5.56 Å². The van der Waals surface area contributed by atoms with Crippen molar-refractivity contribution in [1.29, 1.82) is 0 Å². The van der Waals surface area contributed by atoms with Gasteiger partial charge in [0.05, 0.1) is 5.52 Å². The number of carbonyl (C=O) groups excluding carboxylic acids is 1. The highest BCUT2D eigenvalue weighted by atomic mass is 16.5. The molecule has 0 aliphatic rings. The van der Waals surface area contributed by atoms with Gasteiger partial charge in [-0.3, -0.25) is 4.98 Å². The number of fused-ring (bicyclic) bond motifs is 1. The van der Waals surface area contributed by atoms with Crippen LogP contribution in [0.4, 0.5) is 4.79 Å². The highest BCUT2D eigenvalue weighted by molar-refractivity contribution is 5.79. The van der Waals surface area contributed by atoms with Crippen molar-refractivity contribution < 1.29 is 9.53 Å². The van der Waals surface area contributed by atoms with Crippen LogP contribution < -0.4 is 5.73 Å². The molecule has 17 heavy (non-hydrogen) atoms. The second-order valence-corrected chi connectivity index (χ2v) is 3.33. The van der Waals surface area contributed by atoms with E-state index in [0.29, 0.717) is 0 Å². The Hall–Kier alpha value is -2.54. The van der Waals surface area contributed by atoms with Crippen molar-refractivity contribution in [3.05, 3.63) is 42.1 Å². The Labute approximate surface area is 98.4 Å². The number of amides is 1. The average Bonchev–Trinajstić information content (AvgIpc) is 2.34. The lowest BCUT2D eigenvalue weighted by Crippen LogP contribution is -2.12. The lowest BCUT2D eigenvalue weighted by molar-refractivity contribution is 0.171. The quantitative estimate of drug-likeness (QED) is 0.752. The van der Waals surface area contributed by atoms with Crippen LogP contribution in [0.15, 0.2) is 36.5 Å². The Kier molecular flexibility index (Phi) is 3.22. The molecule has 1 heterocycles.